The summed E-state index contributed by atoms with van der Waals surface area (Å²) < 4.78 is -0.638. The topological polar surface area (TPSA) is 37.3 Å². The molecule has 0 radical (unpaired) electrons. The van der Waals surface area contributed by atoms with Crippen LogP contribution < -0.4 is 0 Å². The van der Waals surface area contributed by atoms with Crippen molar-refractivity contribution >= 4 is 51.2 Å². The van der Waals surface area contributed by atoms with Gasteiger partial charge in [-0.25, -0.2) is 4.79 Å². The number of carboxylic acid groups (broad SMARTS) is 1. The molecule has 1 atom stereocenters. The van der Waals surface area contributed by atoms with Crippen LogP contribution in [0.2, 0.25) is 0 Å². The minimum absolute atomic E-state index is 0.281. The second-order valence-corrected chi connectivity index (χ2v) is 12.5. The molecule has 0 saturated carbocycles. The van der Waals surface area contributed by atoms with E-state index >= 15 is 0 Å². The fourth-order valence-corrected chi connectivity index (χ4v) is 4.73. The van der Waals surface area contributed by atoms with E-state index in [-0.39, 0.29) is 5.92 Å². The van der Waals surface area contributed by atoms with E-state index in [1.165, 1.54) is 83.5 Å². The van der Waals surface area contributed by atoms with Crippen molar-refractivity contribution in [2.45, 2.75) is 112 Å². The first-order chi connectivity index (χ1) is 11.5. The van der Waals surface area contributed by atoms with Gasteiger partial charge in [0.1, 0.15) is 0 Å². The Bertz CT molecular complexity index is 306. The van der Waals surface area contributed by atoms with Gasteiger partial charge in [0.2, 0.25) is 0 Å². The molecule has 0 heterocycles. The maximum absolute atomic E-state index is 11.3. The number of carbonyl (C=O) groups is 1. The van der Waals surface area contributed by atoms with E-state index in [9.17, 15) is 9.90 Å². The molecule has 1 N–H and O–H groups in total. The van der Waals surface area contributed by atoms with Crippen LogP contribution in [-0.4, -0.2) is 12.5 Å². The molecule has 2 nitrogen and oxygen atoms in total. The number of hydrogen-bond donors (Lipinski definition) is 1. The average Bonchev–Trinajstić information content (AvgIpc) is 2.55. The van der Waals surface area contributed by atoms with Gasteiger partial charge in [0, 0.05) is 0 Å². The average molecular weight is 564 g/mol. The van der Waals surface area contributed by atoms with Gasteiger partial charge in [-0.05, 0) is 12.3 Å². The summed E-state index contributed by atoms with van der Waals surface area (Å²) in [4.78, 5) is 11.3. The van der Waals surface area contributed by atoms with Gasteiger partial charge in [-0.2, -0.15) is 0 Å². The van der Waals surface area contributed by atoms with Crippen molar-refractivity contribution < 1.29 is 9.90 Å². The van der Waals surface area contributed by atoms with Crippen LogP contribution in [0.1, 0.15) is 110 Å². The fourth-order valence-electron chi connectivity index (χ4n) is 3.22. The molecule has 0 aromatic carbocycles. The zero-order valence-corrected chi connectivity index (χ0v) is 20.1. The number of rotatable bonds is 17. The molecule has 0 aromatic heterocycles. The molecule has 0 aliphatic heterocycles. The smallest absolute Gasteiger partial charge is 0.329 e. The standard InChI is InChI=1S/C20H38I2O2/c1-3-5-6-7-8-9-10-11-12-13-14-15-16-17-18(4-2)20(21,22)19(23)24/h18H,3-17H2,1-2H3,(H,23,24). The maximum Gasteiger partial charge on any atom is 0.329 e. The third-order valence-electron chi connectivity index (χ3n) is 4.95. The summed E-state index contributed by atoms with van der Waals surface area (Å²) >= 11 is 4.22. The zero-order chi connectivity index (χ0) is 18.3. The Hall–Kier alpha value is 0.930. The van der Waals surface area contributed by atoms with Crippen LogP contribution in [0.15, 0.2) is 0 Å². The lowest BCUT2D eigenvalue weighted by atomic mass is 9.94. The van der Waals surface area contributed by atoms with Gasteiger partial charge in [0.15, 0.2) is 1.43 Å². The van der Waals surface area contributed by atoms with Crippen molar-refractivity contribution in [3.05, 3.63) is 0 Å². The lowest BCUT2D eigenvalue weighted by molar-refractivity contribution is -0.137. The Morgan fingerprint density at radius 2 is 1.17 bits per heavy atom. The van der Waals surface area contributed by atoms with Crippen LogP contribution in [0.5, 0.6) is 0 Å². The molecule has 0 aromatic rings. The van der Waals surface area contributed by atoms with Crippen molar-refractivity contribution in [2.24, 2.45) is 5.92 Å². The Balaban J connectivity index is 3.46. The summed E-state index contributed by atoms with van der Waals surface area (Å²) in [5.74, 6) is -0.394. The molecule has 0 bridgehead atoms. The molecule has 0 aliphatic carbocycles. The predicted octanol–water partition coefficient (Wildman–Crippen LogP) is 8.14. The summed E-state index contributed by atoms with van der Waals surface area (Å²) in [6.07, 6.45) is 19.7. The minimum Gasteiger partial charge on any atom is -0.480 e. The van der Waals surface area contributed by atoms with Gasteiger partial charge < -0.3 is 5.11 Å². The van der Waals surface area contributed by atoms with Crippen LogP contribution in [0, 0.1) is 5.92 Å². The van der Waals surface area contributed by atoms with E-state index in [1.54, 1.807) is 0 Å². The highest BCUT2D eigenvalue weighted by molar-refractivity contribution is 14.2. The van der Waals surface area contributed by atoms with Gasteiger partial charge in [0.25, 0.3) is 0 Å². The van der Waals surface area contributed by atoms with Crippen LogP contribution in [0.4, 0.5) is 0 Å². The first-order valence-corrected chi connectivity index (χ1v) is 12.2. The number of carboxylic acids is 1. The highest BCUT2D eigenvalue weighted by Crippen LogP contribution is 2.41. The molecular formula is C20H38I2O2. The molecule has 0 aliphatic rings. The highest BCUT2D eigenvalue weighted by atomic mass is 127. The van der Waals surface area contributed by atoms with Crippen molar-refractivity contribution in [3.63, 3.8) is 0 Å². The number of unbranched alkanes of at least 4 members (excludes halogenated alkanes) is 12. The monoisotopic (exact) mass is 564 g/mol. The molecule has 0 fully saturated rings. The summed E-state index contributed by atoms with van der Waals surface area (Å²) in [6, 6.07) is 0. The number of hydrogen-bond acceptors (Lipinski definition) is 1. The van der Waals surface area contributed by atoms with E-state index in [1.807, 2.05) is 0 Å². The SMILES string of the molecule is CCCCCCCCCCCCCCCC(CC)C(I)(I)C(=O)O. The summed E-state index contributed by atoms with van der Waals surface area (Å²) in [5.41, 5.74) is 0. The van der Waals surface area contributed by atoms with Gasteiger partial charge >= 0.3 is 5.97 Å². The summed E-state index contributed by atoms with van der Waals surface area (Å²) in [6.45, 7) is 4.39. The van der Waals surface area contributed by atoms with Crippen LogP contribution in [-0.2, 0) is 4.79 Å². The van der Waals surface area contributed by atoms with E-state index in [2.05, 4.69) is 59.0 Å². The number of alkyl halides is 2. The van der Waals surface area contributed by atoms with E-state index in [4.69, 9.17) is 0 Å². The van der Waals surface area contributed by atoms with Gasteiger partial charge in [-0.1, -0.05) is 149 Å². The molecule has 0 rings (SSSR count). The first kappa shape index (κ1) is 24.9. The van der Waals surface area contributed by atoms with Gasteiger partial charge in [-0.15, -0.1) is 0 Å². The van der Waals surface area contributed by atoms with Crippen molar-refractivity contribution in [1.82, 2.24) is 0 Å². The van der Waals surface area contributed by atoms with E-state index in [0.717, 1.165) is 12.8 Å². The van der Waals surface area contributed by atoms with Crippen molar-refractivity contribution in [3.8, 4) is 0 Å². The summed E-state index contributed by atoms with van der Waals surface area (Å²) in [5, 5.41) is 9.33. The molecule has 0 spiro atoms. The molecule has 144 valence electrons. The number of aliphatic carboxylic acids is 1. The normalized spacial score (nSPS) is 13.2. The lowest BCUT2D eigenvalue weighted by Crippen LogP contribution is -2.33. The quantitative estimate of drug-likeness (QED) is 0.110. The summed E-state index contributed by atoms with van der Waals surface area (Å²) in [7, 11) is 0. The Morgan fingerprint density at radius 3 is 1.50 bits per heavy atom. The molecular weight excluding hydrogens is 526 g/mol. The fraction of sp³-hybridized carbons (Fsp3) is 0.950. The van der Waals surface area contributed by atoms with Crippen LogP contribution in [0.3, 0.4) is 0 Å². The number of halogens is 2. The van der Waals surface area contributed by atoms with Crippen LogP contribution >= 0.6 is 45.2 Å². The Kier molecular flexibility index (Phi) is 16.8. The Labute approximate surface area is 177 Å². The molecule has 0 saturated heterocycles. The largest absolute Gasteiger partial charge is 0.480 e. The van der Waals surface area contributed by atoms with Crippen molar-refractivity contribution in [2.75, 3.05) is 0 Å². The van der Waals surface area contributed by atoms with Crippen molar-refractivity contribution in [1.29, 1.82) is 0 Å². The van der Waals surface area contributed by atoms with Gasteiger partial charge in [0.05, 0.1) is 0 Å². The van der Waals surface area contributed by atoms with E-state index in [0.29, 0.717) is 0 Å². The van der Waals surface area contributed by atoms with Crippen LogP contribution in [0.25, 0.3) is 0 Å². The third-order valence-corrected chi connectivity index (χ3v) is 7.63. The third kappa shape index (κ3) is 12.3. The molecule has 4 heteroatoms. The van der Waals surface area contributed by atoms with E-state index < -0.39 is 7.40 Å². The Morgan fingerprint density at radius 1 is 0.792 bits per heavy atom. The predicted molar refractivity (Wildman–Crippen MR) is 122 cm³/mol. The zero-order valence-electron chi connectivity index (χ0n) is 15.8. The molecule has 24 heavy (non-hydrogen) atoms. The lowest BCUT2D eigenvalue weighted by Gasteiger charge is -2.26. The van der Waals surface area contributed by atoms with Gasteiger partial charge in [-0.3, -0.25) is 0 Å². The molecule has 0 amide bonds. The molecule has 1 unspecified atom stereocenters. The maximum atomic E-state index is 11.3. The second-order valence-electron chi connectivity index (χ2n) is 7.06. The first-order valence-electron chi connectivity index (χ1n) is 10.1. The highest BCUT2D eigenvalue weighted by Gasteiger charge is 2.39. The minimum atomic E-state index is -0.676. The second kappa shape index (κ2) is 16.1.